The lowest BCUT2D eigenvalue weighted by Crippen LogP contribution is -2.43. The Labute approximate surface area is 101 Å². The second-order valence-electron chi connectivity index (χ2n) is 4.82. The van der Waals surface area contributed by atoms with Crippen LogP contribution in [0.1, 0.15) is 39.5 Å². The van der Waals surface area contributed by atoms with Gasteiger partial charge >= 0.3 is 0 Å². The Morgan fingerprint density at radius 3 is 2.25 bits per heavy atom. The Hall–Kier alpha value is -0.120. The van der Waals surface area contributed by atoms with Gasteiger partial charge in [-0.3, -0.25) is 0 Å². The van der Waals surface area contributed by atoms with E-state index < -0.39 is 0 Å². The van der Waals surface area contributed by atoms with E-state index in [4.69, 9.17) is 0 Å². The summed E-state index contributed by atoms with van der Waals surface area (Å²) in [7, 11) is 0. The van der Waals surface area contributed by atoms with Gasteiger partial charge in [-0.15, -0.1) is 0 Å². The summed E-state index contributed by atoms with van der Waals surface area (Å²) in [6, 6.07) is 0.756. The highest BCUT2D eigenvalue weighted by Crippen LogP contribution is 2.01. The average Bonchev–Trinajstić information content (AvgIpc) is 2.31. The maximum atomic E-state index is 3.69. The Kier molecular flexibility index (Phi) is 7.81. The van der Waals surface area contributed by atoms with Gasteiger partial charge in [-0.2, -0.15) is 0 Å². The third-order valence-corrected chi connectivity index (χ3v) is 3.28. The molecule has 16 heavy (non-hydrogen) atoms. The molecule has 3 nitrogen and oxygen atoms in total. The van der Waals surface area contributed by atoms with Crippen LogP contribution in [0.2, 0.25) is 0 Å². The topological polar surface area (TPSA) is 27.3 Å². The van der Waals surface area contributed by atoms with Crippen LogP contribution in [0.25, 0.3) is 0 Å². The van der Waals surface area contributed by atoms with Crippen molar-refractivity contribution in [1.29, 1.82) is 0 Å². The monoisotopic (exact) mass is 227 g/mol. The molecule has 1 rings (SSSR count). The minimum Gasteiger partial charge on any atom is -0.317 e. The summed E-state index contributed by atoms with van der Waals surface area (Å²) in [6.45, 7) is 11.8. The van der Waals surface area contributed by atoms with E-state index in [1.54, 1.807) is 0 Å². The first-order valence-electron chi connectivity index (χ1n) is 7.03. The SMILES string of the molecule is CCCN(CCC)CCNC1CCNCC1. The van der Waals surface area contributed by atoms with Crippen molar-refractivity contribution in [1.82, 2.24) is 15.5 Å². The molecule has 0 radical (unpaired) electrons. The minimum atomic E-state index is 0.756. The van der Waals surface area contributed by atoms with Gasteiger partial charge in [0.2, 0.25) is 0 Å². The standard InChI is InChI=1S/C13H29N3/c1-3-10-16(11-4-2)12-9-15-13-5-7-14-8-6-13/h13-15H,3-12H2,1-2H3. The van der Waals surface area contributed by atoms with Crippen molar-refractivity contribution in [2.75, 3.05) is 39.3 Å². The molecule has 0 amide bonds. The minimum absolute atomic E-state index is 0.756. The van der Waals surface area contributed by atoms with Gasteiger partial charge < -0.3 is 15.5 Å². The second-order valence-corrected chi connectivity index (χ2v) is 4.82. The molecule has 0 unspecified atom stereocenters. The average molecular weight is 227 g/mol. The smallest absolute Gasteiger partial charge is 0.0107 e. The second kappa shape index (κ2) is 8.97. The molecule has 0 aromatic carbocycles. The molecule has 3 heteroatoms. The van der Waals surface area contributed by atoms with E-state index in [1.807, 2.05) is 0 Å². The summed E-state index contributed by atoms with van der Waals surface area (Å²) in [5.41, 5.74) is 0. The predicted octanol–water partition coefficient (Wildman–Crippen LogP) is 1.45. The lowest BCUT2D eigenvalue weighted by molar-refractivity contribution is 0.263. The highest BCUT2D eigenvalue weighted by molar-refractivity contribution is 4.74. The lowest BCUT2D eigenvalue weighted by atomic mass is 10.1. The van der Waals surface area contributed by atoms with Crippen molar-refractivity contribution in [3.8, 4) is 0 Å². The van der Waals surface area contributed by atoms with E-state index in [2.05, 4.69) is 29.4 Å². The van der Waals surface area contributed by atoms with E-state index in [1.165, 1.54) is 58.4 Å². The molecule has 96 valence electrons. The summed E-state index contributed by atoms with van der Waals surface area (Å²) in [6.07, 6.45) is 5.13. The van der Waals surface area contributed by atoms with Crippen molar-refractivity contribution in [2.45, 2.75) is 45.6 Å². The molecule has 1 aliphatic rings. The summed E-state index contributed by atoms with van der Waals surface area (Å²) >= 11 is 0. The maximum Gasteiger partial charge on any atom is 0.0107 e. The third-order valence-electron chi connectivity index (χ3n) is 3.28. The van der Waals surface area contributed by atoms with Gasteiger partial charge in [-0.25, -0.2) is 0 Å². The van der Waals surface area contributed by atoms with Crippen LogP contribution in [0.3, 0.4) is 0 Å². The van der Waals surface area contributed by atoms with Crippen LogP contribution >= 0.6 is 0 Å². The number of nitrogens with one attached hydrogen (secondary N) is 2. The normalized spacial score (nSPS) is 18.2. The molecule has 1 fully saturated rings. The molecule has 0 atom stereocenters. The molecule has 0 saturated carbocycles. The highest BCUT2D eigenvalue weighted by atomic mass is 15.1. The van der Waals surface area contributed by atoms with Gasteiger partial charge in [0.25, 0.3) is 0 Å². The fraction of sp³-hybridized carbons (Fsp3) is 1.00. The van der Waals surface area contributed by atoms with Gasteiger partial charge in [0.1, 0.15) is 0 Å². The van der Waals surface area contributed by atoms with E-state index in [0.717, 1.165) is 12.6 Å². The molecule has 0 aromatic heterocycles. The van der Waals surface area contributed by atoms with Crippen LogP contribution < -0.4 is 10.6 Å². The van der Waals surface area contributed by atoms with Crippen LogP contribution in [-0.2, 0) is 0 Å². The fourth-order valence-electron chi connectivity index (χ4n) is 2.42. The van der Waals surface area contributed by atoms with Crippen LogP contribution in [0.15, 0.2) is 0 Å². The molecule has 0 aliphatic carbocycles. The van der Waals surface area contributed by atoms with Crippen LogP contribution in [-0.4, -0.2) is 50.2 Å². The molecular weight excluding hydrogens is 198 g/mol. The first kappa shape index (κ1) is 13.9. The van der Waals surface area contributed by atoms with Crippen molar-refractivity contribution >= 4 is 0 Å². The predicted molar refractivity (Wildman–Crippen MR) is 70.9 cm³/mol. The largest absolute Gasteiger partial charge is 0.317 e. The number of hydrogen-bond donors (Lipinski definition) is 2. The van der Waals surface area contributed by atoms with E-state index in [9.17, 15) is 0 Å². The van der Waals surface area contributed by atoms with Crippen LogP contribution in [0.4, 0.5) is 0 Å². The Morgan fingerprint density at radius 1 is 1.06 bits per heavy atom. The van der Waals surface area contributed by atoms with Crippen molar-refractivity contribution in [3.05, 3.63) is 0 Å². The zero-order valence-electron chi connectivity index (χ0n) is 11.1. The quantitative estimate of drug-likeness (QED) is 0.657. The van der Waals surface area contributed by atoms with Crippen molar-refractivity contribution in [3.63, 3.8) is 0 Å². The summed E-state index contributed by atoms with van der Waals surface area (Å²) in [4.78, 5) is 2.58. The Bertz CT molecular complexity index is 149. The molecule has 2 N–H and O–H groups in total. The Morgan fingerprint density at radius 2 is 1.69 bits per heavy atom. The Balaban J connectivity index is 2.06. The number of hydrogen-bond acceptors (Lipinski definition) is 3. The zero-order valence-corrected chi connectivity index (χ0v) is 11.1. The lowest BCUT2D eigenvalue weighted by Gasteiger charge is -2.26. The molecular formula is C13H29N3. The zero-order chi connectivity index (χ0) is 11.6. The molecule has 1 aliphatic heterocycles. The first-order chi connectivity index (χ1) is 7.86. The van der Waals surface area contributed by atoms with Crippen LogP contribution in [0.5, 0.6) is 0 Å². The fourth-order valence-corrected chi connectivity index (χ4v) is 2.42. The van der Waals surface area contributed by atoms with Gasteiger partial charge in [0.05, 0.1) is 0 Å². The van der Waals surface area contributed by atoms with E-state index in [0.29, 0.717) is 0 Å². The number of rotatable bonds is 8. The number of nitrogens with zero attached hydrogens (tertiary/aromatic N) is 1. The van der Waals surface area contributed by atoms with Gasteiger partial charge in [-0.05, 0) is 51.9 Å². The highest BCUT2D eigenvalue weighted by Gasteiger charge is 2.11. The molecule has 1 heterocycles. The first-order valence-corrected chi connectivity index (χ1v) is 7.03. The van der Waals surface area contributed by atoms with Gasteiger partial charge in [0, 0.05) is 19.1 Å². The molecule has 0 aromatic rings. The molecule has 1 saturated heterocycles. The summed E-state index contributed by atoms with van der Waals surface area (Å²) in [5, 5.41) is 7.09. The molecule has 0 spiro atoms. The maximum absolute atomic E-state index is 3.69. The van der Waals surface area contributed by atoms with Crippen molar-refractivity contribution < 1.29 is 0 Å². The third kappa shape index (κ3) is 5.83. The van der Waals surface area contributed by atoms with E-state index in [-0.39, 0.29) is 0 Å². The van der Waals surface area contributed by atoms with Crippen LogP contribution in [0, 0.1) is 0 Å². The van der Waals surface area contributed by atoms with Gasteiger partial charge in [-0.1, -0.05) is 13.8 Å². The van der Waals surface area contributed by atoms with Gasteiger partial charge in [0.15, 0.2) is 0 Å². The summed E-state index contributed by atoms with van der Waals surface area (Å²) < 4.78 is 0. The van der Waals surface area contributed by atoms with E-state index >= 15 is 0 Å². The molecule has 0 bridgehead atoms. The number of piperidine rings is 1. The van der Waals surface area contributed by atoms with Crippen molar-refractivity contribution in [2.24, 2.45) is 0 Å². The summed E-state index contributed by atoms with van der Waals surface area (Å²) in [5.74, 6) is 0.